The maximum Gasteiger partial charge on any atom is 0.307 e. The zero-order valence-corrected chi connectivity index (χ0v) is 7.62. The first-order valence-electron chi connectivity index (χ1n) is 3.66. The molecule has 0 unspecified atom stereocenters. The maximum atomic E-state index is 10.1. The fraction of sp³-hybridized carbons (Fsp3) is 0.250. The maximum absolute atomic E-state index is 10.1. The van der Waals surface area contributed by atoms with Crippen molar-refractivity contribution in [1.82, 2.24) is 4.98 Å². The molecule has 1 heterocycles. The molecule has 5 heteroatoms. The third kappa shape index (κ3) is 3.35. The Bertz CT molecular complexity index is 319. The summed E-state index contributed by atoms with van der Waals surface area (Å²) in [5, 5.41) is 19.5. The quantitative estimate of drug-likeness (QED) is 0.762. The van der Waals surface area contributed by atoms with Crippen molar-refractivity contribution in [2.45, 2.75) is 13.0 Å². The molecule has 0 aliphatic carbocycles. The van der Waals surface area contributed by atoms with Gasteiger partial charge in [0.05, 0.1) is 18.7 Å². The van der Waals surface area contributed by atoms with Crippen molar-refractivity contribution in [3.8, 4) is 0 Å². The highest BCUT2D eigenvalue weighted by molar-refractivity contribution is 7.10. The van der Waals surface area contributed by atoms with E-state index in [1.54, 1.807) is 11.5 Å². The lowest BCUT2D eigenvalue weighted by Crippen LogP contribution is -1.89. The molecule has 0 fully saturated rings. The number of aliphatic hydroxyl groups excluding tert-OH is 1. The van der Waals surface area contributed by atoms with Crippen molar-refractivity contribution >= 4 is 23.4 Å². The van der Waals surface area contributed by atoms with E-state index in [-0.39, 0.29) is 13.0 Å². The minimum atomic E-state index is -0.866. The number of aromatic nitrogens is 1. The van der Waals surface area contributed by atoms with Gasteiger partial charge in [0.2, 0.25) is 0 Å². The molecule has 1 aromatic heterocycles. The number of rotatable bonds is 4. The lowest BCUT2D eigenvalue weighted by Gasteiger charge is -1.84. The van der Waals surface area contributed by atoms with Crippen LogP contribution in [0.15, 0.2) is 11.5 Å². The second-order valence-corrected chi connectivity index (χ2v) is 3.23. The van der Waals surface area contributed by atoms with Crippen molar-refractivity contribution in [2.75, 3.05) is 0 Å². The predicted molar refractivity (Wildman–Crippen MR) is 49.3 cm³/mol. The number of carboxylic acids is 1. The van der Waals surface area contributed by atoms with Crippen LogP contribution in [0.3, 0.4) is 0 Å². The molecule has 0 atom stereocenters. The highest BCUT2D eigenvalue weighted by atomic mass is 32.1. The minimum Gasteiger partial charge on any atom is -0.481 e. The third-order valence-electron chi connectivity index (χ3n) is 1.28. The van der Waals surface area contributed by atoms with E-state index in [0.717, 1.165) is 0 Å². The van der Waals surface area contributed by atoms with Gasteiger partial charge in [-0.05, 0) is 6.08 Å². The summed E-state index contributed by atoms with van der Waals surface area (Å²) in [5.74, 6) is -0.866. The van der Waals surface area contributed by atoms with E-state index >= 15 is 0 Å². The number of aliphatic hydroxyl groups is 1. The molecule has 0 saturated carbocycles. The molecule has 1 aromatic rings. The standard InChI is InChI=1S/C8H9NO3S/c10-4-6-5-13-7(9-6)2-1-3-8(11)12/h1-2,5,10H,3-4H2,(H,11,12). The van der Waals surface area contributed by atoms with E-state index in [9.17, 15) is 4.79 Å². The number of aliphatic carboxylic acids is 1. The van der Waals surface area contributed by atoms with Gasteiger partial charge < -0.3 is 10.2 Å². The predicted octanol–water partition coefficient (Wildman–Crippen LogP) is 1.12. The Hall–Kier alpha value is -1.20. The minimum absolute atomic E-state index is 0.00591. The van der Waals surface area contributed by atoms with Gasteiger partial charge in [0.15, 0.2) is 0 Å². The van der Waals surface area contributed by atoms with Crippen LogP contribution in [0.25, 0.3) is 6.08 Å². The first-order valence-corrected chi connectivity index (χ1v) is 4.54. The zero-order valence-electron chi connectivity index (χ0n) is 6.80. The Morgan fingerprint density at radius 2 is 2.46 bits per heavy atom. The van der Waals surface area contributed by atoms with Crippen molar-refractivity contribution < 1.29 is 15.0 Å². The number of carboxylic acid groups (broad SMARTS) is 1. The summed E-state index contributed by atoms with van der Waals surface area (Å²) in [5.41, 5.74) is 0.611. The molecule has 0 saturated heterocycles. The van der Waals surface area contributed by atoms with Gasteiger partial charge in [-0.2, -0.15) is 0 Å². The zero-order chi connectivity index (χ0) is 9.68. The Balaban J connectivity index is 2.53. The van der Waals surface area contributed by atoms with Crippen molar-refractivity contribution in [2.24, 2.45) is 0 Å². The lowest BCUT2D eigenvalue weighted by molar-refractivity contribution is -0.135. The van der Waals surface area contributed by atoms with Gasteiger partial charge in [0.1, 0.15) is 5.01 Å². The van der Waals surface area contributed by atoms with Crippen LogP contribution in [-0.2, 0) is 11.4 Å². The van der Waals surface area contributed by atoms with Crippen molar-refractivity contribution in [3.63, 3.8) is 0 Å². The number of carbonyl (C=O) groups is 1. The van der Waals surface area contributed by atoms with Gasteiger partial charge in [-0.15, -0.1) is 11.3 Å². The molecule has 0 aliphatic heterocycles. The number of hydrogen-bond donors (Lipinski definition) is 2. The second kappa shape index (κ2) is 4.74. The Labute approximate surface area is 79.2 Å². The molecular weight excluding hydrogens is 190 g/mol. The summed E-state index contributed by atoms with van der Waals surface area (Å²) in [7, 11) is 0. The smallest absolute Gasteiger partial charge is 0.307 e. The largest absolute Gasteiger partial charge is 0.481 e. The topological polar surface area (TPSA) is 70.4 Å². The lowest BCUT2D eigenvalue weighted by atomic mass is 10.4. The average Bonchev–Trinajstić information content (AvgIpc) is 2.52. The first-order chi connectivity index (χ1) is 6.22. The molecule has 2 N–H and O–H groups in total. The Kier molecular flexibility index (Phi) is 3.60. The average molecular weight is 199 g/mol. The molecule has 0 bridgehead atoms. The summed E-state index contributed by atoms with van der Waals surface area (Å²) < 4.78 is 0. The summed E-state index contributed by atoms with van der Waals surface area (Å²) in [6.07, 6.45) is 3.16. The summed E-state index contributed by atoms with van der Waals surface area (Å²) in [4.78, 5) is 14.2. The van der Waals surface area contributed by atoms with Gasteiger partial charge in [-0.1, -0.05) is 6.08 Å². The van der Waals surface area contributed by atoms with Crippen LogP contribution in [0, 0.1) is 0 Å². The highest BCUT2D eigenvalue weighted by Gasteiger charge is 1.96. The fourth-order valence-electron chi connectivity index (χ4n) is 0.732. The molecule has 1 rings (SSSR count). The van der Waals surface area contributed by atoms with E-state index in [4.69, 9.17) is 10.2 Å². The normalized spacial score (nSPS) is 10.8. The highest BCUT2D eigenvalue weighted by Crippen LogP contribution is 2.11. The van der Waals surface area contributed by atoms with E-state index in [0.29, 0.717) is 10.7 Å². The van der Waals surface area contributed by atoms with Crippen LogP contribution < -0.4 is 0 Å². The third-order valence-corrected chi connectivity index (χ3v) is 2.14. The van der Waals surface area contributed by atoms with Crippen LogP contribution in [0.4, 0.5) is 0 Å². The van der Waals surface area contributed by atoms with Crippen molar-refractivity contribution in [1.29, 1.82) is 0 Å². The summed E-state index contributed by atoms with van der Waals surface area (Å²) in [6, 6.07) is 0. The molecule has 70 valence electrons. The van der Waals surface area contributed by atoms with Gasteiger partial charge in [-0.25, -0.2) is 4.98 Å². The van der Waals surface area contributed by atoms with Gasteiger partial charge in [0, 0.05) is 5.38 Å². The molecule has 0 amide bonds. The summed E-state index contributed by atoms with van der Waals surface area (Å²) in [6.45, 7) is -0.0801. The Morgan fingerprint density at radius 1 is 1.69 bits per heavy atom. The molecule has 0 spiro atoms. The molecule has 0 radical (unpaired) electrons. The van der Waals surface area contributed by atoms with Gasteiger partial charge in [0.25, 0.3) is 0 Å². The molecule has 0 aliphatic rings. The van der Waals surface area contributed by atoms with Crippen LogP contribution in [-0.4, -0.2) is 21.2 Å². The van der Waals surface area contributed by atoms with E-state index in [1.165, 1.54) is 17.4 Å². The molecule has 4 nitrogen and oxygen atoms in total. The number of hydrogen-bond acceptors (Lipinski definition) is 4. The second-order valence-electron chi connectivity index (χ2n) is 2.34. The number of thiazole rings is 1. The summed E-state index contributed by atoms with van der Waals surface area (Å²) >= 11 is 1.37. The fourth-order valence-corrected chi connectivity index (χ4v) is 1.46. The van der Waals surface area contributed by atoms with Crippen LogP contribution in [0.2, 0.25) is 0 Å². The van der Waals surface area contributed by atoms with Gasteiger partial charge in [-0.3, -0.25) is 4.79 Å². The van der Waals surface area contributed by atoms with Crippen LogP contribution in [0.5, 0.6) is 0 Å². The Morgan fingerprint density at radius 3 is 3.00 bits per heavy atom. The van der Waals surface area contributed by atoms with E-state index < -0.39 is 5.97 Å². The SMILES string of the molecule is O=C(O)CC=Cc1nc(CO)cs1. The molecule has 13 heavy (non-hydrogen) atoms. The molecular formula is C8H9NO3S. The van der Waals surface area contributed by atoms with Crippen LogP contribution in [0.1, 0.15) is 17.1 Å². The van der Waals surface area contributed by atoms with Crippen molar-refractivity contribution in [3.05, 3.63) is 22.2 Å². The first kappa shape index (κ1) is 9.88. The monoisotopic (exact) mass is 199 g/mol. The number of nitrogens with zero attached hydrogens (tertiary/aromatic N) is 1. The van der Waals surface area contributed by atoms with E-state index in [1.807, 2.05) is 0 Å². The van der Waals surface area contributed by atoms with E-state index in [2.05, 4.69) is 4.98 Å². The molecule has 0 aromatic carbocycles. The van der Waals surface area contributed by atoms with Gasteiger partial charge >= 0.3 is 5.97 Å². The van der Waals surface area contributed by atoms with Crippen LogP contribution >= 0.6 is 11.3 Å².